The number of amides is 1. The summed E-state index contributed by atoms with van der Waals surface area (Å²) in [5, 5.41) is 0.481. The zero-order valence-corrected chi connectivity index (χ0v) is 12.4. The lowest BCUT2D eigenvalue weighted by Crippen LogP contribution is -2.33. The van der Waals surface area contributed by atoms with Gasteiger partial charge in [-0.25, -0.2) is 0 Å². The fourth-order valence-electron chi connectivity index (χ4n) is 2.73. The molecule has 0 atom stereocenters. The van der Waals surface area contributed by atoms with Crippen molar-refractivity contribution in [2.75, 3.05) is 18.8 Å². The van der Waals surface area contributed by atoms with Crippen LogP contribution in [0, 0.1) is 0 Å². The van der Waals surface area contributed by atoms with E-state index in [4.69, 9.17) is 17.3 Å². The Morgan fingerprint density at radius 2 is 1.67 bits per heavy atom. The number of carbonyl (C=O) groups is 1. The largest absolute Gasteiger partial charge is 0.398 e. The Bertz CT molecular complexity index is 657. The Kier molecular flexibility index (Phi) is 3.84. The van der Waals surface area contributed by atoms with Crippen molar-refractivity contribution >= 4 is 23.2 Å². The van der Waals surface area contributed by atoms with E-state index >= 15 is 0 Å². The zero-order valence-electron chi connectivity index (χ0n) is 11.7. The second kappa shape index (κ2) is 5.78. The monoisotopic (exact) mass is 300 g/mol. The highest BCUT2D eigenvalue weighted by Gasteiger charge is 2.19. The van der Waals surface area contributed by atoms with Crippen LogP contribution in [0.25, 0.3) is 0 Å². The van der Waals surface area contributed by atoms with Crippen molar-refractivity contribution in [3.8, 4) is 0 Å². The molecule has 21 heavy (non-hydrogen) atoms. The number of nitrogen functional groups attached to an aromatic ring is 1. The molecule has 2 aromatic rings. The first-order valence-corrected chi connectivity index (χ1v) is 7.44. The molecule has 108 valence electrons. The number of nitrogens with zero attached hydrogens (tertiary/aromatic N) is 1. The summed E-state index contributed by atoms with van der Waals surface area (Å²) in [5.41, 5.74) is 9.50. The number of halogens is 1. The normalized spacial score (nSPS) is 14.4. The van der Waals surface area contributed by atoms with E-state index in [1.807, 2.05) is 4.90 Å². The molecule has 4 heteroatoms. The molecule has 1 amide bonds. The molecule has 0 saturated carbocycles. The predicted molar refractivity (Wildman–Crippen MR) is 85.6 cm³/mol. The minimum atomic E-state index is 0.0196. The van der Waals surface area contributed by atoms with Crippen molar-refractivity contribution in [1.29, 1.82) is 0 Å². The van der Waals surface area contributed by atoms with Crippen LogP contribution in [0.5, 0.6) is 0 Å². The number of hydrogen-bond donors (Lipinski definition) is 1. The fourth-order valence-corrected chi connectivity index (χ4v) is 2.85. The predicted octanol–water partition coefficient (Wildman–Crippen LogP) is 3.16. The first-order valence-electron chi connectivity index (χ1n) is 7.06. The van der Waals surface area contributed by atoms with Crippen LogP contribution in [-0.4, -0.2) is 23.9 Å². The molecule has 1 heterocycles. The molecule has 2 N–H and O–H groups in total. The summed E-state index contributed by atoms with van der Waals surface area (Å²) in [6, 6.07) is 13.5. The van der Waals surface area contributed by atoms with E-state index in [0.717, 1.165) is 25.9 Å². The average Bonchev–Trinajstić information content (AvgIpc) is 2.72. The van der Waals surface area contributed by atoms with Gasteiger partial charge in [-0.3, -0.25) is 4.79 Å². The molecule has 0 radical (unpaired) electrons. The molecule has 3 rings (SSSR count). The van der Waals surface area contributed by atoms with Gasteiger partial charge in [-0.1, -0.05) is 35.9 Å². The second-order valence-corrected chi connectivity index (χ2v) is 5.70. The van der Waals surface area contributed by atoms with Crippen molar-refractivity contribution in [1.82, 2.24) is 4.90 Å². The van der Waals surface area contributed by atoms with Crippen LogP contribution in [0.4, 0.5) is 5.69 Å². The lowest BCUT2D eigenvalue weighted by molar-refractivity contribution is 0.0763. The van der Waals surface area contributed by atoms with Gasteiger partial charge in [-0.05, 0) is 42.2 Å². The second-order valence-electron chi connectivity index (χ2n) is 5.30. The lowest BCUT2D eigenvalue weighted by atomic mass is 10.0. The average molecular weight is 301 g/mol. The number of rotatable bonds is 1. The lowest BCUT2D eigenvalue weighted by Gasteiger charge is -2.20. The fraction of sp³-hybridized carbons (Fsp3) is 0.235. The van der Waals surface area contributed by atoms with E-state index in [0.29, 0.717) is 16.3 Å². The molecule has 1 aliphatic heterocycles. The summed E-state index contributed by atoms with van der Waals surface area (Å²) in [7, 11) is 0. The van der Waals surface area contributed by atoms with Gasteiger partial charge in [0.15, 0.2) is 0 Å². The van der Waals surface area contributed by atoms with E-state index < -0.39 is 0 Å². The number of anilines is 1. The zero-order chi connectivity index (χ0) is 14.8. The molecule has 1 aliphatic rings. The summed E-state index contributed by atoms with van der Waals surface area (Å²) < 4.78 is 0. The van der Waals surface area contributed by atoms with Crippen LogP contribution in [0.1, 0.15) is 21.5 Å². The summed E-state index contributed by atoms with van der Waals surface area (Å²) in [4.78, 5) is 14.5. The first-order chi connectivity index (χ1) is 10.1. The van der Waals surface area contributed by atoms with Gasteiger partial charge in [0.25, 0.3) is 5.91 Å². The van der Waals surface area contributed by atoms with E-state index in [1.165, 1.54) is 11.1 Å². The number of benzene rings is 2. The SMILES string of the molecule is Nc1cc(C(=O)N2CCc3ccccc3CC2)ccc1Cl. The van der Waals surface area contributed by atoms with Gasteiger partial charge in [-0.2, -0.15) is 0 Å². The molecule has 3 nitrogen and oxygen atoms in total. The van der Waals surface area contributed by atoms with Gasteiger partial charge in [0.05, 0.1) is 10.7 Å². The van der Waals surface area contributed by atoms with Gasteiger partial charge in [0.1, 0.15) is 0 Å². The highest BCUT2D eigenvalue weighted by Crippen LogP contribution is 2.22. The van der Waals surface area contributed by atoms with Crippen LogP contribution in [0.3, 0.4) is 0 Å². The summed E-state index contributed by atoms with van der Waals surface area (Å²) >= 11 is 5.91. The Balaban J connectivity index is 1.79. The standard InChI is InChI=1S/C17H17ClN2O/c18-15-6-5-14(11-16(15)19)17(21)20-9-7-12-3-1-2-4-13(12)8-10-20/h1-6,11H,7-10,19H2. The number of nitrogens with two attached hydrogens (primary N) is 1. The summed E-state index contributed by atoms with van der Waals surface area (Å²) in [6.07, 6.45) is 1.79. The minimum Gasteiger partial charge on any atom is -0.398 e. The van der Waals surface area contributed by atoms with Crippen molar-refractivity contribution in [2.45, 2.75) is 12.8 Å². The van der Waals surface area contributed by atoms with Crippen LogP contribution in [-0.2, 0) is 12.8 Å². The van der Waals surface area contributed by atoms with Crippen LogP contribution >= 0.6 is 11.6 Å². The Morgan fingerprint density at radius 3 is 2.24 bits per heavy atom. The molecular weight excluding hydrogens is 284 g/mol. The van der Waals surface area contributed by atoms with Crippen LogP contribution < -0.4 is 5.73 Å². The van der Waals surface area contributed by atoms with Gasteiger partial charge < -0.3 is 10.6 Å². The van der Waals surface area contributed by atoms with Gasteiger partial charge in [0, 0.05) is 18.7 Å². The van der Waals surface area contributed by atoms with Gasteiger partial charge >= 0.3 is 0 Å². The Morgan fingerprint density at radius 1 is 1.05 bits per heavy atom. The quantitative estimate of drug-likeness (QED) is 0.822. The molecule has 0 fully saturated rings. The Labute approximate surface area is 129 Å². The highest BCUT2D eigenvalue weighted by atomic mass is 35.5. The minimum absolute atomic E-state index is 0.0196. The molecule has 0 bridgehead atoms. The summed E-state index contributed by atoms with van der Waals surface area (Å²) in [5.74, 6) is 0.0196. The maximum Gasteiger partial charge on any atom is 0.253 e. The third kappa shape index (κ3) is 2.88. The van der Waals surface area contributed by atoms with Gasteiger partial charge in [0.2, 0.25) is 0 Å². The third-order valence-electron chi connectivity index (χ3n) is 3.95. The maximum atomic E-state index is 12.6. The van der Waals surface area contributed by atoms with Gasteiger partial charge in [-0.15, -0.1) is 0 Å². The van der Waals surface area contributed by atoms with Crippen LogP contribution in [0.2, 0.25) is 5.02 Å². The smallest absolute Gasteiger partial charge is 0.253 e. The van der Waals surface area contributed by atoms with Crippen molar-refractivity contribution < 1.29 is 4.79 Å². The molecule has 2 aromatic carbocycles. The van der Waals surface area contributed by atoms with E-state index in [2.05, 4.69) is 24.3 Å². The van der Waals surface area contributed by atoms with E-state index in [-0.39, 0.29) is 5.91 Å². The molecule has 0 spiro atoms. The molecule has 0 aromatic heterocycles. The van der Waals surface area contributed by atoms with E-state index in [1.54, 1.807) is 18.2 Å². The highest BCUT2D eigenvalue weighted by molar-refractivity contribution is 6.33. The van der Waals surface area contributed by atoms with Crippen LogP contribution in [0.15, 0.2) is 42.5 Å². The third-order valence-corrected chi connectivity index (χ3v) is 4.29. The molecule has 0 aliphatic carbocycles. The first kappa shape index (κ1) is 14.0. The van der Waals surface area contributed by atoms with Crippen molar-refractivity contribution in [2.24, 2.45) is 0 Å². The van der Waals surface area contributed by atoms with E-state index in [9.17, 15) is 4.79 Å². The Hall–Kier alpha value is -2.00. The summed E-state index contributed by atoms with van der Waals surface area (Å²) in [6.45, 7) is 1.47. The molecule has 0 saturated heterocycles. The molecule has 0 unspecified atom stereocenters. The number of hydrogen-bond acceptors (Lipinski definition) is 2. The maximum absolute atomic E-state index is 12.6. The molecular formula is C17H17ClN2O. The number of carbonyl (C=O) groups excluding carboxylic acids is 1. The topological polar surface area (TPSA) is 46.3 Å². The number of fused-ring (bicyclic) bond motifs is 1. The van der Waals surface area contributed by atoms with Crippen molar-refractivity contribution in [3.63, 3.8) is 0 Å². The van der Waals surface area contributed by atoms with Crippen molar-refractivity contribution in [3.05, 3.63) is 64.2 Å².